The molecular formula is C22H42N6O6S. The molecule has 0 fully saturated rings. The highest BCUT2D eigenvalue weighted by molar-refractivity contribution is 7.98. The number of primary amides is 1. The van der Waals surface area contributed by atoms with Crippen LogP contribution in [-0.2, 0) is 24.0 Å². The van der Waals surface area contributed by atoms with Gasteiger partial charge in [-0.15, -0.1) is 0 Å². The molecule has 0 heterocycles. The maximum Gasteiger partial charge on any atom is 0.326 e. The van der Waals surface area contributed by atoms with Crippen molar-refractivity contribution in [3.05, 3.63) is 0 Å². The maximum atomic E-state index is 13.1. The van der Waals surface area contributed by atoms with Crippen LogP contribution in [0.25, 0.3) is 0 Å². The molecule has 0 bridgehead atoms. The number of thioether (sulfide) groups is 1. The highest BCUT2D eigenvalue weighted by Gasteiger charge is 2.32. The average Bonchev–Trinajstić information content (AvgIpc) is 2.81. The highest BCUT2D eigenvalue weighted by Crippen LogP contribution is 2.11. The van der Waals surface area contributed by atoms with Crippen LogP contribution < -0.4 is 33.2 Å². The summed E-state index contributed by atoms with van der Waals surface area (Å²) < 4.78 is 0. The summed E-state index contributed by atoms with van der Waals surface area (Å²) in [5.74, 6) is -3.31. The van der Waals surface area contributed by atoms with E-state index in [4.69, 9.17) is 17.2 Å². The summed E-state index contributed by atoms with van der Waals surface area (Å²) in [6.45, 7) is 4.05. The lowest BCUT2D eigenvalue weighted by Gasteiger charge is -2.28. The second-order valence-corrected chi connectivity index (χ2v) is 9.50. The number of rotatable bonds is 19. The van der Waals surface area contributed by atoms with Gasteiger partial charge in [-0.3, -0.25) is 19.2 Å². The van der Waals surface area contributed by atoms with Gasteiger partial charge >= 0.3 is 5.97 Å². The molecule has 5 unspecified atom stereocenters. The summed E-state index contributed by atoms with van der Waals surface area (Å²) >= 11 is 1.56. The van der Waals surface area contributed by atoms with Gasteiger partial charge in [-0.25, -0.2) is 4.79 Å². The number of aliphatic carboxylic acids is 1. The average molecular weight is 519 g/mol. The molecule has 0 aliphatic rings. The first-order valence-corrected chi connectivity index (χ1v) is 13.2. The van der Waals surface area contributed by atoms with Crippen molar-refractivity contribution >= 4 is 41.4 Å². The van der Waals surface area contributed by atoms with Crippen LogP contribution in [0.3, 0.4) is 0 Å². The number of carboxylic acid groups (broad SMARTS) is 1. The molecule has 12 nitrogen and oxygen atoms in total. The van der Waals surface area contributed by atoms with E-state index >= 15 is 0 Å². The summed E-state index contributed by atoms with van der Waals surface area (Å²) in [6, 6.07) is -4.10. The summed E-state index contributed by atoms with van der Waals surface area (Å²) in [7, 11) is 0. The number of nitrogens with one attached hydrogen (secondary N) is 3. The van der Waals surface area contributed by atoms with Crippen LogP contribution in [0.15, 0.2) is 0 Å². The molecule has 35 heavy (non-hydrogen) atoms. The predicted molar refractivity (Wildman–Crippen MR) is 135 cm³/mol. The Balaban J connectivity index is 5.53. The van der Waals surface area contributed by atoms with Gasteiger partial charge in [0.15, 0.2) is 0 Å². The second-order valence-electron chi connectivity index (χ2n) is 8.51. The molecule has 0 aliphatic heterocycles. The Hall–Kier alpha value is -2.38. The predicted octanol–water partition coefficient (Wildman–Crippen LogP) is -0.954. The normalized spacial score (nSPS) is 15.2. The van der Waals surface area contributed by atoms with E-state index in [9.17, 15) is 29.1 Å². The molecule has 10 N–H and O–H groups in total. The van der Waals surface area contributed by atoms with Gasteiger partial charge in [0.05, 0.1) is 6.04 Å². The number of carbonyl (C=O) groups excluding carboxylic acids is 4. The first kappa shape index (κ1) is 32.6. The molecule has 0 aromatic rings. The van der Waals surface area contributed by atoms with Gasteiger partial charge in [-0.1, -0.05) is 20.3 Å². The summed E-state index contributed by atoms with van der Waals surface area (Å²) in [5, 5.41) is 17.1. The summed E-state index contributed by atoms with van der Waals surface area (Å²) in [4.78, 5) is 61.1. The first-order chi connectivity index (χ1) is 16.5. The number of hydrogen-bond donors (Lipinski definition) is 7. The number of carbonyl (C=O) groups is 5. The van der Waals surface area contributed by atoms with Gasteiger partial charge in [-0.2, -0.15) is 11.8 Å². The highest BCUT2D eigenvalue weighted by atomic mass is 32.2. The zero-order valence-corrected chi connectivity index (χ0v) is 21.7. The molecule has 0 spiro atoms. The third kappa shape index (κ3) is 13.3. The van der Waals surface area contributed by atoms with E-state index in [1.807, 2.05) is 13.2 Å². The van der Waals surface area contributed by atoms with Crippen LogP contribution in [0.5, 0.6) is 0 Å². The molecule has 0 radical (unpaired) electrons. The lowest BCUT2D eigenvalue weighted by Crippen LogP contribution is -2.58. The lowest BCUT2D eigenvalue weighted by atomic mass is 9.97. The molecule has 5 atom stereocenters. The molecule has 4 amide bonds. The molecule has 0 rings (SSSR count). The Morgan fingerprint density at radius 1 is 0.914 bits per heavy atom. The van der Waals surface area contributed by atoms with Crippen LogP contribution in [-0.4, -0.2) is 77.4 Å². The quantitative estimate of drug-likeness (QED) is 0.105. The minimum atomic E-state index is -1.34. The third-order valence-electron chi connectivity index (χ3n) is 5.64. The number of carboxylic acids is 1. The van der Waals surface area contributed by atoms with E-state index in [0.29, 0.717) is 38.0 Å². The SMILES string of the molecule is CCC(C)C(NC(=O)C(N)CCSC)C(=O)NC(CCCCN)C(=O)NC(CCC(N)=O)C(=O)O. The number of unbranched alkanes of at least 4 members (excludes halogenated alkanes) is 1. The van der Waals surface area contributed by atoms with Crippen molar-refractivity contribution in [2.24, 2.45) is 23.1 Å². The molecule has 0 aliphatic carbocycles. The minimum Gasteiger partial charge on any atom is -0.480 e. The fourth-order valence-electron chi connectivity index (χ4n) is 3.18. The number of nitrogens with two attached hydrogens (primary N) is 3. The van der Waals surface area contributed by atoms with Crippen LogP contribution in [0, 0.1) is 5.92 Å². The van der Waals surface area contributed by atoms with Gasteiger partial charge in [0.1, 0.15) is 18.1 Å². The van der Waals surface area contributed by atoms with Gasteiger partial charge in [0.25, 0.3) is 0 Å². The summed E-state index contributed by atoms with van der Waals surface area (Å²) in [5.41, 5.74) is 16.6. The first-order valence-electron chi connectivity index (χ1n) is 11.8. The Kier molecular flexibility index (Phi) is 16.7. The van der Waals surface area contributed by atoms with Gasteiger partial charge in [-0.05, 0) is 56.6 Å². The molecule has 0 saturated carbocycles. The largest absolute Gasteiger partial charge is 0.480 e. The van der Waals surface area contributed by atoms with Crippen molar-refractivity contribution in [1.82, 2.24) is 16.0 Å². The van der Waals surface area contributed by atoms with E-state index in [1.54, 1.807) is 18.7 Å². The number of hydrogen-bond acceptors (Lipinski definition) is 8. The standard InChI is InChI=1S/C22H42N6O6S/c1-4-13(2)18(28-19(30)14(24)10-12-35-3)21(32)26-15(7-5-6-11-23)20(31)27-16(22(33)34)8-9-17(25)29/h13-16,18H,4-12,23-24H2,1-3H3,(H2,25,29)(H,26,32)(H,27,31)(H,28,30)(H,33,34). The van der Waals surface area contributed by atoms with Crippen LogP contribution in [0.4, 0.5) is 0 Å². The fourth-order valence-corrected chi connectivity index (χ4v) is 3.67. The molecule has 0 aromatic heterocycles. The third-order valence-corrected chi connectivity index (χ3v) is 6.28. The van der Waals surface area contributed by atoms with E-state index < -0.39 is 53.8 Å². The van der Waals surface area contributed by atoms with E-state index in [0.717, 1.165) is 0 Å². The van der Waals surface area contributed by atoms with Crippen LogP contribution in [0.2, 0.25) is 0 Å². The zero-order valence-electron chi connectivity index (χ0n) is 20.9. The van der Waals surface area contributed by atoms with Gasteiger partial charge < -0.3 is 38.3 Å². The van der Waals surface area contributed by atoms with Crippen molar-refractivity contribution in [2.75, 3.05) is 18.6 Å². The topological polar surface area (TPSA) is 220 Å². The van der Waals surface area contributed by atoms with Crippen molar-refractivity contribution in [2.45, 2.75) is 83.0 Å². The molecule has 0 saturated heterocycles. The fraction of sp³-hybridized carbons (Fsp3) is 0.773. The molecular weight excluding hydrogens is 476 g/mol. The van der Waals surface area contributed by atoms with Crippen molar-refractivity contribution in [1.29, 1.82) is 0 Å². The lowest BCUT2D eigenvalue weighted by molar-refractivity contribution is -0.142. The van der Waals surface area contributed by atoms with Gasteiger partial charge in [0.2, 0.25) is 23.6 Å². The van der Waals surface area contributed by atoms with Crippen molar-refractivity contribution in [3.63, 3.8) is 0 Å². The second kappa shape index (κ2) is 18.0. The van der Waals surface area contributed by atoms with E-state index in [1.165, 1.54) is 0 Å². The van der Waals surface area contributed by atoms with E-state index in [2.05, 4.69) is 16.0 Å². The molecule has 202 valence electrons. The van der Waals surface area contributed by atoms with Crippen LogP contribution >= 0.6 is 11.8 Å². The Labute approximate surface area is 211 Å². The zero-order chi connectivity index (χ0) is 27.0. The van der Waals surface area contributed by atoms with Crippen molar-refractivity contribution < 1.29 is 29.1 Å². The smallest absolute Gasteiger partial charge is 0.326 e. The minimum absolute atomic E-state index is 0.181. The maximum absolute atomic E-state index is 13.1. The number of amides is 4. The summed E-state index contributed by atoms with van der Waals surface area (Å²) in [6.07, 6.45) is 3.85. The molecule has 0 aromatic carbocycles. The van der Waals surface area contributed by atoms with E-state index in [-0.39, 0.29) is 25.2 Å². The van der Waals surface area contributed by atoms with Crippen molar-refractivity contribution in [3.8, 4) is 0 Å². The van der Waals surface area contributed by atoms with Gasteiger partial charge in [0, 0.05) is 6.42 Å². The Morgan fingerprint density at radius 2 is 1.54 bits per heavy atom. The van der Waals surface area contributed by atoms with Crippen LogP contribution in [0.1, 0.15) is 58.8 Å². The Morgan fingerprint density at radius 3 is 2.06 bits per heavy atom. The molecule has 13 heteroatoms. The Bertz CT molecular complexity index is 710. The monoisotopic (exact) mass is 518 g/mol.